The first-order valence-corrected chi connectivity index (χ1v) is 7.33. The van der Waals surface area contributed by atoms with E-state index in [1.165, 1.54) is 12.4 Å². The Morgan fingerprint density at radius 3 is 2.96 bits per heavy atom. The molecule has 1 aliphatic heterocycles. The normalized spacial score (nSPS) is 14.2. The standard InChI is InChI=1S/C16H18FN5O/c1-11-7-13(16-19-10-20-21-16)14(17)8-12(11)15-9-22(4-3-18-15)5-6-23-2/h3,7-10H,4-6H2,1-2H3,(H,19,20,21). The van der Waals surface area contributed by atoms with Crippen molar-refractivity contribution < 1.29 is 9.13 Å². The maximum Gasteiger partial charge on any atom is 0.183 e. The van der Waals surface area contributed by atoms with Crippen LogP contribution in [0.15, 0.2) is 29.7 Å². The molecule has 2 heterocycles. The van der Waals surface area contributed by atoms with Crippen molar-refractivity contribution in [2.45, 2.75) is 6.92 Å². The van der Waals surface area contributed by atoms with Crippen LogP contribution in [0.2, 0.25) is 0 Å². The average Bonchev–Trinajstić information content (AvgIpc) is 3.09. The molecule has 0 aliphatic carbocycles. The van der Waals surface area contributed by atoms with Crippen molar-refractivity contribution in [3.8, 4) is 11.4 Å². The molecular weight excluding hydrogens is 297 g/mol. The zero-order valence-electron chi connectivity index (χ0n) is 13.1. The SMILES string of the molecule is COCCN1C=C(c2cc(F)c(-c3nc[nH]n3)cc2C)N=CC1. The van der Waals surface area contributed by atoms with Gasteiger partial charge in [0, 0.05) is 31.6 Å². The van der Waals surface area contributed by atoms with Gasteiger partial charge < -0.3 is 9.64 Å². The Labute approximate surface area is 133 Å². The summed E-state index contributed by atoms with van der Waals surface area (Å²) < 4.78 is 19.5. The monoisotopic (exact) mass is 315 g/mol. The summed E-state index contributed by atoms with van der Waals surface area (Å²) in [5, 5.41) is 6.53. The Hall–Kier alpha value is -2.54. The van der Waals surface area contributed by atoms with Crippen LogP contribution < -0.4 is 0 Å². The molecule has 0 fully saturated rings. The number of aromatic amines is 1. The zero-order chi connectivity index (χ0) is 16.2. The highest BCUT2D eigenvalue weighted by Gasteiger charge is 2.16. The summed E-state index contributed by atoms with van der Waals surface area (Å²) in [5.41, 5.74) is 2.80. The number of rotatable bonds is 5. The fourth-order valence-corrected chi connectivity index (χ4v) is 2.47. The van der Waals surface area contributed by atoms with Gasteiger partial charge in [0.1, 0.15) is 12.1 Å². The third-order valence-electron chi connectivity index (χ3n) is 3.68. The summed E-state index contributed by atoms with van der Waals surface area (Å²) in [7, 11) is 1.67. The maximum absolute atomic E-state index is 14.4. The van der Waals surface area contributed by atoms with E-state index in [1.807, 2.05) is 19.3 Å². The van der Waals surface area contributed by atoms with Gasteiger partial charge >= 0.3 is 0 Å². The summed E-state index contributed by atoms with van der Waals surface area (Å²) in [6.45, 7) is 4.05. The molecule has 0 bridgehead atoms. The summed E-state index contributed by atoms with van der Waals surface area (Å²) in [6.07, 6.45) is 5.19. The molecule has 0 radical (unpaired) electrons. The predicted molar refractivity (Wildman–Crippen MR) is 86.4 cm³/mol. The van der Waals surface area contributed by atoms with E-state index < -0.39 is 0 Å². The van der Waals surface area contributed by atoms with E-state index in [-0.39, 0.29) is 5.82 Å². The molecule has 0 saturated heterocycles. The molecule has 1 aromatic heterocycles. The van der Waals surface area contributed by atoms with E-state index >= 15 is 0 Å². The molecule has 0 saturated carbocycles. The second kappa shape index (κ2) is 6.70. The van der Waals surface area contributed by atoms with Crippen LogP contribution in [0.5, 0.6) is 0 Å². The van der Waals surface area contributed by atoms with E-state index in [2.05, 4.69) is 25.1 Å². The third kappa shape index (κ3) is 3.29. The largest absolute Gasteiger partial charge is 0.383 e. The number of hydrogen-bond donors (Lipinski definition) is 1. The van der Waals surface area contributed by atoms with Gasteiger partial charge in [0.05, 0.1) is 24.4 Å². The molecule has 1 aliphatic rings. The first-order valence-electron chi connectivity index (χ1n) is 7.33. The van der Waals surface area contributed by atoms with Gasteiger partial charge in [-0.2, -0.15) is 5.10 Å². The van der Waals surface area contributed by atoms with Crippen molar-refractivity contribution in [3.05, 3.63) is 41.6 Å². The number of aliphatic imine (C=N–C) groups is 1. The summed E-state index contributed by atoms with van der Waals surface area (Å²) in [6, 6.07) is 3.24. The van der Waals surface area contributed by atoms with Gasteiger partial charge in [-0.1, -0.05) is 0 Å². The number of aryl methyl sites for hydroxylation is 1. The lowest BCUT2D eigenvalue weighted by atomic mass is 10.0. The average molecular weight is 315 g/mol. The second-order valence-corrected chi connectivity index (χ2v) is 5.28. The Bertz CT molecular complexity index is 739. The number of nitrogens with one attached hydrogen (secondary N) is 1. The molecule has 1 aromatic carbocycles. The highest BCUT2D eigenvalue weighted by molar-refractivity contribution is 5.79. The van der Waals surface area contributed by atoms with Crippen molar-refractivity contribution in [2.75, 3.05) is 26.8 Å². The van der Waals surface area contributed by atoms with E-state index in [0.29, 0.717) is 18.0 Å². The van der Waals surface area contributed by atoms with Crippen molar-refractivity contribution in [3.63, 3.8) is 0 Å². The fourth-order valence-electron chi connectivity index (χ4n) is 2.47. The molecule has 1 N–H and O–H groups in total. The van der Waals surface area contributed by atoms with Gasteiger partial charge in [-0.05, 0) is 24.6 Å². The molecule has 0 spiro atoms. The van der Waals surface area contributed by atoms with Gasteiger partial charge in [-0.3, -0.25) is 10.1 Å². The van der Waals surface area contributed by atoms with Gasteiger partial charge in [0.2, 0.25) is 0 Å². The summed E-state index contributed by atoms with van der Waals surface area (Å²) >= 11 is 0. The van der Waals surface area contributed by atoms with Crippen LogP contribution >= 0.6 is 0 Å². The number of halogens is 1. The van der Waals surface area contributed by atoms with Gasteiger partial charge in [0.25, 0.3) is 0 Å². The van der Waals surface area contributed by atoms with Crippen LogP contribution in [0.25, 0.3) is 17.1 Å². The maximum atomic E-state index is 14.4. The fraction of sp³-hybridized carbons (Fsp3) is 0.312. The van der Waals surface area contributed by atoms with Crippen molar-refractivity contribution in [1.29, 1.82) is 0 Å². The van der Waals surface area contributed by atoms with Crippen LogP contribution in [-0.2, 0) is 4.74 Å². The van der Waals surface area contributed by atoms with Gasteiger partial charge in [-0.25, -0.2) is 9.37 Å². The summed E-state index contributed by atoms with van der Waals surface area (Å²) in [5.74, 6) is -0.0182. The minimum absolute atomic E-state index is 0.347. The molecule has 23 heavy (non-hydrogen) atoms. The molecule has 2 aromatic rings. The lowest BCUT2D eigenvalue weighted by Gasteiger charge is -2.22. The van der Waals surface area contributed by atoms with Crippen LogP contribution in [0, 0.1) is 12.7 Å². The minimum atomic E-state index is -0.365. The number of ether oxygens (including phenoxy) is 1. The Morgan fingerprint density at radius 1 is 1.35 bits per heavy atom. The molecule has 0 unspecified atom stereocenters. The number of nitrogens with zero attached hydrogens (tertiary/aromatic N) is 4. The number of benzene rings is 1. The van der Waals surface area contributed by atoms with Crippen molar-refractivity contribution >= 4 is 11.9 Å². The van der Waals surface area contributed by atoms with Gasteiger partial charge in [0.15, 0.2) is 5.82 Å². The van der Waals surface area contributed by atoms with Crippen molar-refractivity contribution in [2.24, 2.45) is 4.99 Å². The lowest BCUT2D eigenvalue weighted by Crippen LogP contribution is -2.26. The van der Waals surface area contributed by atoms with Crippen LogP contribution in [0.1, 0.15) is 11.1 Å². The highest BCUT2D eigenvalue weighted by atomic mass is 19.1. The Balaban J connectivity index is 1.92. The number of hydrogen-bond acceptors (Lipinski definition) is 5. The predicted octanol–water partition coefficient (Wildman–Crippen LogP) is 2.25. The molecule has 6 nitrogen and oxygen atoms in total. The van der Waals surface area contributed by atoms with E-state index in [1.54, 1.807) is 13.2 Å². The van der Waals surface area contributed by atoms with E-state index in [0.717, 1.165) is 29.9 Å². The quantitative estimate of drug-likeness (QED) is 0.919. The molecule has 7 heteroatoms. The van der Waals surface area contributed by atoms with Gasteiger partial charge in [-0.15, -0.1) is 0 Å². The van der Waals surface area contributed by atoms with Crippen LogP contribution in [-0.4, -0.2) is 53.1 Å². The summed E-state index contributed by atoms with van der Waals surface area (Å²) in [4.78, 5) is 10.5. The molecule has 3 rings (SSSR count). The zero-order valence-corrected chi connectivity index (χ0v) is 13.1. The van der Waals surface area contributed by atoms with E-state index in [4.69, 9.17) is 4.74 Å². The number of H-pyrrole nitrogens is 1. The molecule has 120 valence electrons. The molecule has 0 amide bonds. The smallest absolute Gasteiger partial charge is 0.183 e. The van der Waals surface area contributed by atoms with Crippen LogP contribution in [0.4, 0.5) is 4.39 Å². The van der Waals surface area contributed by atoms with Crippen molar-refractivity contribution in [1.82, 2.24) is 20.1 Å². The number of methoxy groups -OCH3 is 1. The minimum Gasteiger partial charge on any atom is -0.383 e. The number of aromatic nitrogens is 3. The highest BCUT2D eigenvalue weighted by Crippen LogP contribution is 2.28. The molecule has 0 atom stereocenters. The Kier molecular flexibility index (Phi) is 4.47. The van der Waals surface area contributed by atoms with Crippen LogP contribution in [0.3, 0.4) is 0 Å². The third-order valence-corrected chi connectivity index (χ3v) is 3.68. The second-order valence-electron chi connectivity index (χ2n) is 5.28. The van der Waals surface area contributed by atoms with E-state index in [9.17, 15) is 4.39 Å². The lowest BCUT2D eigenvalue weighted by molar-refractivity contribution is 0.175. The molecular formula is C16H18FN5O. The Morgan fingerprint density at radius 2 is 2.22 bits per heavy atom. The first kappa shape index (κ1) is 15.4. The topological polar surface area (TPSA) is 66.4 Å². The first-order chi connectivity index (χ1) is 11.2.